The summed E-state index contributed by atoms with van der Waals surface area (Å²) in [5, 5.41) is 30.7. The maximum atomic E-state index is 14.3. The third-order valence-corrected chi connectivity index (χ3v) is 14.5. The van der Waals surface area contributed by atoms with Gasteiger partial charge in [-0.2, -0.15) is 23.7 Å². The average Bonchev–Trinajstić information content (AvgIpc) is 4.15. The third kappa shape index (κ3) is 5.89. The Bertz CT molecular complexity index is 4360. The zero-order chi connectivity index (χ0) is 48.4. The van der Waals surface area contributed by atoms with Crippen LogP contribution in [0.3, 0.4) is 0 Å². The fourth-order valence-electron chi connectivity index (χ4n) is 11.4. The van der Waals surface area contributed by atoms with Crippen molar-refractivity contribution in [2.75, 3.05) is 0 Å². The maximum absolute atomic E-state index is 14.3. The molecule has 72 heavy (non-hydrogen) atoms. The topological polar surface area (TPSA) is 67.3 Å². The van der Waals surface area contributed by atoms with Gasteiger partial charge in [-0.05, 0) is 96.1 Å². The van der Waals surface area contributed by atoms with Crippen LogP contribution >= 0.6 is 0 Å². The average molecular weight is 933 g/mol. The van der Waals surface area contributed by atoms with Crippen molar-refractivity contribution in [2.24, 2.45) is 0 Å². The molecule has 0 N–H and O–H groups in total. The van der Waals surface area contributed by atoms with Crippen LogP contribution in [0.25, 0.3) is 121 Å². The van der Waals surface area contributed by atoms with E-state index in [2.05, 4.69) is 127 Å². The highest BCUT2D eigenvalue weighted by molar-refractivity contribution is 6.14. The molecule has 10 aromatic carbocycles. The van der Waals surface area contributed by atoms with E-state index in [4.69, 9.17) is 0 Å². The van der Waals surface area contributed by atoms with E-state index < -0.39 is 11.7 Å². The van der Waals surface area contributed by atoms with Gasteiger partial charge in [-0.25, -0.2) is 0 Å². The summed E-state index contributed by atoms with van der Waals surface area (Å²) in [6.45, 7) is 0. The Morgan fingerprint density at radius 3 is 1.03 bits per heavy atom. The first-order valence-electron chi connectivity index (χ1n) is 23.5. The van der Waals surface area contributed by atoms with Crippen molar-refractivity contribution in [3.05, 3.63) is 229 Å². The second-order valence-corrected chi connectivity index (χ2v) is 18.2. The van der Waals surface area contributed by atoms with Crippen LogP contribution in [0.15, 0.2) is 212 Å². The lowest BCUT2D eigenvalue weighted by Crippen LogP contribution is -2.07. The Labute approximate surface area is 408 Å². The van der Waals surface area contributed by atoms with E-state index in [1.165, 1.54) is 6.07 Å². The summed E-state index contributed by atoms with van der Waals surface area (Å²) in [6.07, 6.45) is -4.67. The van der Waals surface area contributed by atoms with Gasteiger partial charge in [0, 0.05) is 54.5 Å². The van der Waals surface area contributed by atoms with Gasteiger partial charge in [0.2, 0.25) is 0 Å². The Kier molecular flexibility index (Phi) is 8.77. The van der Waals surface area contributed by atoms with Crippen molar-refractivity contribution in [1.82, 2.24) is 18.3 Å². The van der Waals surface area contributed by atoms with Crippen molar-refractivity contribution in [3.63, 3.8) is 0 Å². The zero-order valence-electron chi connectivity index (χ0n) is 38.0. The van der Waals surface area contributed by atoms with Crippen LogP contribution in [0.5, 0.6) is 0 Å². The molecule has 14 aromatic rings. The van der Waals surface area contributed by atoms with Gasteiger partial charge >= 0.3 is 6.18 Å². The van der Waals surface area contributed by atoms with Crippen molar-refractivity contribution < 1.29 is 13.2 Å². The standard InChI is InChI=1S/C63H35F3N6/c64-63(65,66)40-25-28-43(39(31-40)36-67)38-32-59(71-57-23-11-5-17-48(57)50-29-26-41(34-61(50)71)69-53-19-7-1-13-44(53)45-14-2-8-20-54(45)69)52(37-68)60(33-38)72-58-24-12-6-18-49(58)51-30-27-42(35-62(51)72)70-55-21-9-3-15-46(55)47-16-4-10-22-56(47)70/h1-35H. The van der Waals surface area contributed by atoms with E-state index in [1.54, 1.807) is 0 Å². The lowest BCUT2D eigenvalue weighted by Gasteiger charge is -2.19. The fraction of sp³-hybridized carbons (Fsp3) is 0.0159. The summed E-state index contributed by atoms with van der Waals surface area (Å²) in [4.78, 5) is 0. The van der Waals surface area contributed by atoms with Gasteiger partial charge in [-0.15, -0.1) is 0 Å². The smallest absolute Gasteiger partial charge is 0.309 e. The van der Waals surface area contributed by atoms with Crippen LogP contribution in [-0.2, 0) is 6.18 Å². The number of nitrogens with zero attached hydrogens (tertiary/aromatic N) is 6. The molecule has 0 saturated carbocycles. The van der Waals surface area contributed by atoms with Crippen molar-refractivity contribution in [2.45, 2.75) is 6.18 Å². The van der Waals surface area contributed by atoms with Crippen molar-refractivity contribution in [3.8, 4) is 46.0 Å². The zero-order valence-corrected chi connectivity index (χ0v) is 38.0. The van der Waals surface area contributed by atoms with Gasteiger partial charge in [0.25, 0.3) is 0 Å². The summed E-state index contributed by atoms with van der Waals surface area (Å²) in [5.74, 6) is 0. The molecule has 9 heteroatoms. The molecule has 4 aromatic heterocycles. The van der Waals surface area contributed by atoms with Gasteiger partial charge in [0.05, 0.1) is 72.7 Å². The molecule has 0 spiro atoms. The van der Waals surface area contributed by atoms with Gasteiger partial charge in [0.1, 0.15) is 11.6 Å². The Hall–Kier alpha value is -9.83. The predicted octanol–water partition coefficient (Wildman–Crippen LogP) is 16.5. The van der Waals surface area contributed by atoms with Crippen LogP contribution in [0.2, 0.25) is 0 Å². The van der Waals surface area contributed by atoms with E-state index in [-0.39, 0.29) is 5.56 Å². The molecule has 0 saturated heterocycles. The molecule has 0 aliphatic rings. The lowest BCUT2D eigenvalue weighted by molar-refractivity contribution is -0.137. The summed E-state index contributed by atoms with van der Waals surface area (Å²) in [7, 11) is 0. The first kappa shape index (κ1) is 41.2. The SMILES string of the molecule is N#Cc1cc(C(F)(F)F)ccc1-c1cc(-n2c3ccccc3c3ccc(-n4c5ccccc5c5ccccc54)cc32)c(C#N)c(-n2c3ccccc3c3ccc(-n4c5ccccc5c5ccccc54)cc32)c1. The number of hydrogen-bond donors (Lipinski definition) is 0. The third-order valence-electron chi connectivity index (χ3n) is 14.5. The van der Waals surface area contributed by atoms with Crippen molar-refractivity contribution in [1.29, 1.82) is 10.5 Å². The van der Waals surface area contributed by atoms with E-state index in [1.807, 2.05) is 97.1 Å². The number of fused-ring (bicyclic) bond motifs is 12. The van der Waals surface area contributed by atoms with Gasteiger partial charge in [-0.3, -0.25) is 0 Å². The first-order valence-corrected chi connectivity index (χ1v) is 23.5. The van der Waals surface area contributed by atoms with E-state index >= 15 is 0 Å². The molecule has 338 valence electrons. The number of benzene rings is 10. The monoisotopic (exact) mass is 932 g/mol. The minimum absolute atomic E-state index is 0.141. The van der Waals surface area contributed by atoms with Crippen LogP contribution in [0.4, 0.5) is 13.2 Å². The number of alkyl halides is 3. The highest BCUT2D eigenvalue weighted by Crippen LogP contribution is 2.44. The van der Waals surface area contributed by atoms with E-state index in [0.29, 0.717) is 28.1 Å². The predicted molar refractivity (Wildman–Crippen MR) is 284 cm³/mol. The molecule has 0 unspecified atom stereocenters. The van der Waals surface area contributed by atoms with Crippen LogP contribution < -0.4 is 0 Å². The molecule has 0 fully saturated rings. The number of hydrogen-bond acceptors (Lipinski definition) is 2. The maximum Gasteiger partial charge on any atom is 0.416 e. The quantitative estimate of drug-likeness (QED) is 0.173. The van der Waals surface area contributed by atoms with Crippen LogP contribution in [0, 0.1) is 22.7 Å². The summed E-state index contributed by atoms with van der Waals surface area (Å²) in [6, 6.07) is 74.0. The second-order valence-electron chi connectivity index (χ2n) is 18.2. The Morgan fingerprint density at radius 1 is 0.333 bits per heavy atom. The van der Waals surface area contributed by atoms with E-state index in [9.17, 15) is 23.7 Å². The molecule has 0 amide bonds. The summed E-state index contributed by atoms with van der Waals surface area (Å²) < 4.78 is 51.6. The first-order chi connectivity index (χ1) is 35.3. The van der Waals surface area contributed by atoms with E-state index in [0.717, 1.165) is 111 Å². The Morgan fingerprint density at radius 2 is 0.681 bits per heavy atom. The lowest BCUT2D eigenvalue weighted by atomic mass is 9.95. The molecule has 0 bridgehead atoms. The van der Waals surface area contributed by atoms with Gasteiger partial charge in [0.15, 0.2) is 0 Å². The minimum Gasteiger partial charge on any atom is -0.309 e. The normalized spacial score (nSPS) is 12.1. The fourth-order valence-corrected chi connectivity index (χ4v) is 11.4. The highest BCUT2D eigenvalue weighted by atomic mass is 19.4. The number of nitriles is 2. The van der Waals surface area contributed by atoms with Crippen molar-refractivity contribution >= 4 is 87.2 Å². The van der Waals surface area contributed by atoms with Crippen LogP contribution in [-0.4, -0.2) is 18.3 Å². The molecule has 4 heterocycles. The molecular weight excluding hydrogens is 898 g/mol. The van der Waals surface area contributed by atoms with Crippen LogP contribution in [0.1, 0.15) is 16.7 Å². The summed E-state index contributed by atoms with van der Waals surface area (Å²) >= 11 is 0. The molecule has 0 aliphatic carbocycles. The number of halogens is 3. The minimum atomic E-state index is -4.67. The number of rotatable bonds is 5. The second kappa shape index (κ2) is 15.3. The molecule has 6 nitrogen and oxygen atoms in total. The highest BCUT2D eigenvalue weighted by Gasteiger charge is 2.32. The molecule has 0 radical (unpaired) electrons. The molecular formula is C63H35F3N6. The molecule has 0 atom stereocenters. The van der Waals surface area contributed by atoms with Gasteiger partial charge in [-0.1, -0.05) is 127 Å². The van der Waals surface area contributed by atoms with Gasteiger partial charge < -0.3 is 18.3 Å². The number of aromatic nitrogens is 4. The Balaban J connectivity index is 1.11. The number of para-hydroxylation sites is 6. The molecule has 0 aliphatic heterocycles. The summed E-state index contributed by atoms with van der Waals surface area (Å²) in [5.41, 5.74) is 10.3. The largest absolute Gasteiger partial charge is 0.416 e. The molecule has 14 rings (SSSR count).